The molecule has 2 heterocycles. The molecule has 0 amide bonds. The van der Waals surface area contributed by atoms with Gasteiger partial charge in [0, 0.05) is 13.1 Å². The van der Waals surface area contributed by atoms with Crippen molar-refractivity contribution in [1.82, 2.24) is 15.0 Å². The Labute approximate surface area is 80.7 Å². The molecule has 0 saturated heterocycles. The monoisotopic (exact) mass is 212 g/mol. The molecule has 8 heteroatoms. The second-order valence-corrected chi connectivity index (χ2v) is 3.59. The first-order valence-corrected chi connectivity index (χ1v) is 4.39. The lowest BCUT2D eigenvalue weighted by molar-refractivity contribution is -0.380. The summed E-state index contributed by atoms with van der Waals surface area (Å²) in [5.74, 6) is 0. The second-order valence-electron chi connectivity index (χ2n) is 2.58. The molecule has 0 aliphatic heterocycles. The highest BCUT2D eigenvalue weighted by Crippen LogP contribution is 2.26. The molecule has 72 valence electrons. The van der Waals surface area contributed by atoms with Crippen LogP contribution in [-0.4, -0.2) is 19.9 Å². The highest BCUT2D eigenvalue weighted by molar-refractivity contribution is 7.21. The minimum Gasteiger partial charge on any atom is -0.267 e. The van der Waals surface area contributed by atoms with Crippen molar-refractivity contribution in [3.63, 3.8) is 0 Å². The van der Waals surface area contributed by atoms with E-state index in [-0.39, 0.29) is 15.9 Å². The summed E-state index contributed by atoms with van der Waals surface area (Å²) >= 11 is 0.842. The van der Waals surface area contributed by atoms with Crippen LogP contribution in [0.1, 0.15) is 0 Å². The van der Waals surface area contributed by atoms with Gasteiger partial charge in [0.05, 0.1) is 10.3 Å². The first kappa shape index (κ1) is 8.75. The number of hydrogen-bond donors (Lipinski definition) is 0. The van der Waals surface area contributed by atoms with E-state index in [4.69, 9.17) is 0 Å². The molecule has 14 heavy (non-hydrogen) atoms. The smallest absolute Gasteiger partial charge is 0.267 e. The van der Waals surface area contributed by atoms with E-state index in [2.05, 4.69) is 10.3 Å². The van der Waals surface area contributed by atoms with E-state index in [1.807, 2.05) is 0 Å². The van der Waals surface area contributed by atoms with Crippen LogP contribution in [0.15, 0.2) is 10.9 Å². The maximum atomic E-state index is 11.4. The number of nitrogens with zero attached hydrogens (tertiary/aromatic N) is 4. The highest BCUT2D eigenvalue weighted by atomic mass is 32.1. The van der Waals surface area contributed by atoms with E-state index in [0.717, 1.165) is 16.0 Å². The fourth-order valence-electron chi connectivity index (χ4n) is 1.01. The maximum Gasteiger partial charge on any atom is 0.327 e. The first-order valence-electron chi connectivity index (χ1n) is 3.57. The van der Waals surface area contributed by atoms with Crippen LogP contribution < -0.4 is 5.56 Å². The number of hydrogen-bond acceptors (Lipinski definition) is 6. The zero-order chi connectivity index (χ0) is 10.3. The Kier molecular flexibility index (Phi) is 1.78. The zero-order valence-corrected chi connectivity index (χ0v) is 7.82. The summed E-state index contributed by atoms with van der Waals surface area (Å²) in [7, 11) is 1.44. The van der Waals surface area contributed by atoms with E-state index in [1.165, 1.54) is 13.1 Å². The van der Waals surface area contributed by atoms with E-state index in [1.54, 1.807) is 0 Å². The van der Waals surface area contributed by atoms with E-state index in [0.29, 0.717) is 4.83 Å². The summed E-state index contributed by atoms with van der Waals surface area (Å²) in [6.45, 7) is 0. The van der Waals surface area contributed by atoms with Gasteiger partial charge in [-0.15, -0.1) is 5.10 Å². The lowest BCUT2D eigenvalue weighted by atomic mass is 10.4. The van der Waals surface area contributed by atoms with Crippen LogP contribution in [0.2, 0.25) is 0 Å². The zero-order valence-electron chi connectivity index (χ0n) is 7.00. The number of thiophene rings is 1. The third-order valence-electron chi connectivity index (χ3n) is 1.67. The summed E-state index contributed by atoms with van der Waals surface area (Å²) in [6, 6.07) is 1.22. The van der Waals surface area contributed by atoms with Crippen LogP contribution in [0.5, 0.6) is 0 Å². The average Bonchev–Trinajstić information content (AvgIpc) is 2.56. The number of aromatic nitrogens is 3. The minimum absolute atomic E-state index is 0.0994. The third-order valence-corrected chi connectivity index (χ3v) is 2.64. The molecule has 0 aliphatic carbocycles. The summed E-state index contributed by atoms with van der Waals surface area (Å²) in [5.41, 5.74) is -0.376. The molecular formula is C6H4N4O3S. The number of nitro groups is 1. The molecule has 0 aliphatic rings. The van der Waals surface area contributed by atoms with Gasteiger partial charge in [-0.1, -0.05) is 5.21 Å². The largest absolute Gasteiger partial charge is 0.327 e. The van der Waals surface area contributed by atoms with Gasteiger partial charge >= 0.3 is 5.00 Å². The molecule has 0 atom stereocenters. The fraction of sp³-hybridized carbons (Fsp3) is 0.167. The number of rotatable bonds is 1. The van der Waals surface area contributed by atoms with Crippen molar-refractivity contribution in [2.75, 3.05) is 0 Å². The van der Waals surface area contributed by atoms with Gasteiger partial charge < -0.3 is 0 Å². The van der Waals surface area contributed by atoms with E-state index >= 15 is 0 Å². The van der Waals surface area contributed by atoms with Crippen LogP contribution >= 0.6 is 11.3 Å². The first-order chi connectivity index (χ1) is 6.59. The Morgan fingerprint density at radius 3 is 3.00 bits per heavy atom. The Hall–Kier alpha value is -1.83. The lowest BCUT2D eigenvalue weighted by Gasteiger charge is -1.90. The number of aryl methyl sites for hydroxylation is 1. The Bertz CT molecular complexity index is 572. The van der Waals surface area contributed by atoms with Crippen molar-refractivity contribution >= 4 is 26.6 Å². The van der Waals surface area contributed by atoms with Crippen molar-refractivity contribution in [2.45, 2.75) is 0 Å². The third kappa shape index (κ3) is 1.16. The van der Waals surface area contributed by atoms with Gasteiger partial charge in [-0.05, 0) is 11.3 Å². The molecular weight excluding hydrogens is 208 g/mol. The van der Waals surface area contributed by atoms with Gasteiger partial charge in [0.15, 0.2) is 4.83 Å². The topological polar surface area (TPSA) is 90.9 Å². The van der Waals surface area contributed by atoms with Gasteiger partial charge in [0.2, 0.25) is 0 Å². The van der Waals surface area contributed by atoms with Crippen LogP contribution in [0, 0.1) is 10.1 Å². The van der Waals surface area contributed by atoms with Gasteiger partial charge in [0.25, 0.3) is 5.56 Å². The normalized spacial score (nSPS) is 10.6. The quantitative estimate of drug-likeness (QED) is 0.500. The van der Waals surface area contributed by atoms with Crippen molar-refractivity contribution in [3.05, 3.63) is 26.5 Å². The molecule has 0 aromatic carbocycles. The fourth-order valence-corrected chi connectivity index (χ4v) is 1.79. The molecule has 0 fully saturated rings. The predicted molar refractivity (Wildman–Crippen MR) is 49.3 cm³/mol. The Morgan fingerprint density at radius 2 is 2.36 bits per heavy atom. The maximum absolute atomic E-state index is 11.4. The van der Waals surface area contributed by atoms with Gasteiger partial charge in [0.1, 0.15) is 0 Å². The standard InChI is InChI=1S/C6H4N4O3S/c1-9-6(11)3-2-4(10(12)13)14-5(3)7-8-9/h2H,1H3. The molecule has 7 nitrogen and oxygen atoms in total. The minimum atomic E-state index is -0.550. The van der Waals surface area contributed by atoms with Gasteiger partial charge in [-0.25, -0.2) is 4.68 Å². The molecule has 2 aromatic heterocycles. The SMILES string of the molecule is Cn1nnc2sc([N+](=O)[O-])cc2c1=O. The van der Waals surface area contributed by atoms with Crippen molar-refractivity contribution < 1.29 is 4.92 Å². The lowest BCUT2D eigenvalue weighted by Crippen LogP contribution is -2.19. The van der Waals surface area contributed by atoms with Gasteiger partial charge in [-0.2, -0.15) is 0 Å². The van der Waals surface area contributed by atoms with Crippen LogP contribution in [0.4, 0.5) is 5.00 Å². The van der Waals surface area contributed by atoms with Crippen LogP contribution in [0.25, 0.3) is 10.2 Å². The second kappa shape index (κ2) is 2.84. The molecule has 2 rings (SSSR count). The van der Waals surface area contributed by atoms with Crippen LogP contribution in [-0.2, 0) is 7.05 Å². The van der Waals surface area contributed by atoms with Crippen LogP contribution in [0.3, 0.4) is 0 Å². The Balaban J connectivity index is 2.84. The molecule has 0 unspecified atom stereocenters. The summed E-state index contributed by atoms with van der Waals surface area (Å²) in [5, 5.41) is 17.8. The van der Waals surface area contributed by atoms with Crippen molar-refractivity contribution in [2.24, 2.45) is 7.05 Å². The molecule has 2 aromatic rings. The molecule has 0 bridgehead atoms. The average molecular weight is 212 g/mol. The predicted octanol–water partition coefficient (Wildman–Crippen LogP) is 0.298. The summed E-state index contributed by atoms with van der Waals surface area (Å²) in [4.78, 5) is 21.6. The van der Waals surface area contributed by atoms with Crippen molar-refractivity contribution in [1.29, 1.82) is 0 Å². The van der Waals surface area contributed by atoms with E-state index < -0.39 is 4.92 Å². The molecule has 0 N–H and O–H groups in total. The highest BCUT2D eigenvalue weighted by Gasteiger charge is 2.15. The van der Waals surface area contributed by atoms with Crippen molar-refractivity contribution in [3.8, 4) is 0 Å². The molecule has 0 radical (unpaired) electrons. The molecule has 0 saturated carbocycles. The summed E-state index contributed by atoms with van der Waals surface area (Å²) < 4.78 is 1.04. The summed E-state index contributed by atoms with van der Waals surface area (Å²) in [6.07, 6.45) is 0. The van der Waals surface area contributed by atoms with Gasteiger partial charge in [-0.3, -0.25) is 14.9 Å². The Morgan fingerprint density at radius 1 is 1.64 bits per heavy atom. The number of fused-ring (bicyclic) bond motifs is 1. The molecule has 0 spiro atoms. The van der Waals surface area contributed by atoms with E-state index in [9.17, 15) is 14.9 Å².